The smallest absolute Gasteiger partial charge is 0.366 e. The topological polar surface area (TPSA) is 60.2 Å². The molecule has 0 aliphatic heterocycles. The van der Waals surface area contributed by atoms with Crippen LogP contribution >= 0.6 is 0 Å². The summed E-state index contributed by atoms with van der Waals surface area (Å²) in [7, 11) is 0. The van der Waals surface area contributed by atoms with E-state index in [0.717, 1.165) is 6.07 Å². The Balaban J connectivity index is 3.62. The minimum Gasteiger partial charge on any atom is -0.366 e. The maximum absolute atomic E-state index is 13.2. The van der Waals surface area contributed by atoms with Gasteiger partial charge in [0.05, 0.1) is 11.1 Å². The molecule has 0 unspecified atom stereocenters. The average molecular weight is 235 g/mol. The van der Waals surface area contributed by atoms with Gasteiger partial charge < -0.3 is 5.73 Å². The maximum atomic E-state index is 13.2. The lowest BCUT2D eigenvalue weighted by molar-refractivity contribution is -0.140. The van der Waals surface area contributed by atoms with Crippen LogP contribution in [0.4, 0.5) is 17.6 Å². The van der Waals surface area contributed by atoms with E-state index in [0.29, 0.717) is 6.07 Å². The van der Waals surface area contributed by atoms with E-state index in [-0.39, 0.29) is 6.29 Å². The van der Waals surface area contributed by atoms with Gasteiger partial charge in [0.1, 0.15) is 11.4 Å². The van der Waals surface area contributed by atoms with Gasteiger partial charge in [0.15, 0.2) is 6.29 Å². The lowest BCUT2D eigenvalue weighted by atomic mass is 10.0. The number of benzene rings is 1. The Kier molecular flexibility index (Phi) is 2.97. The Morgan fingerprint density at radius 1 is 1.31 bits per heavy atom. The van der Waals surface area contributed by atoms with Crippen LogP contribution in [0.15, 0.2) is 12.1 Å². The van der Waals surface area contributed by atoms with Crippen molar-refractivity contribution >= 4 is 12.2 Å². The number of halogens is 4. The van der Waals surface area contributed by atoms with E-state index in [4.69, 9.17) is 0 Å². The lowest BCUT2D eigenvalue weighted by Gasteiger charge is -2.12. The molecular formula is C9H5F4NO2. The van der Waals surface area contributed by atoms with Crippen molar-refractivity contribution in [2.75, 3.05) is 0 Å². The second-order valence-corrected chi connectivity index (χ2v) is 2.87. The fourth-order valence-electron chi connectivity index (χ4n) is 1.17. The molecule has 0 saturated carbocycles. The van der Waals surface area contributed by atoms with Gasteiger partial charge in [0.2, 0.25) is 5.91 Å². The molecule has 1 aromatic carbocycles. The molecule has 0 aliphatic carbocycles. The van der Waals surface area contributed by atoms with Crippen LogP contribution in [-0.2, 0) is 6.18 Å². The van der Waals surface area contributed by atoms with E-state index in [1.54, 1.807) is 0 Å². The van der Waals surface area contributed by atoms with Crippen LogP contribution in [0.3, 0.4) is 0 Å². The van der Waals surface area contributed by atoms with Gasteiger partial charge in [-0.05, 0) is 12.1 Å². The molecule has 2 N–H and O–H groups in total. The fraction of sp³-hybridized carbons (Fsp3) is 0.111. The second kappa shape index (κ2) is 3.92. The first-order valence-electron chi connectivity index (χ1n) is 3.93. The minimum atomic E-state index is -5.09. The molecule has 3 nitrogen and oxygen atoms in total. The lowest BCUT2D eigenvalue weighted by Crippen LogP contribution is -2.21. The van der Waals surface area contributed by atoms with Gasteiger partial charge in [-0.1, -0.05) is 0 Å². The van der Waals surface area contributed by atoms with E-state index in [2.05, 4.69) is 5.73 Å². The van der Waals surface area contributed by atoms with Crippen molar-refractivity contribution in [2.45, 2.75) is 6.18 Å². The van der Waals surface area contributed by atoms with E-state index in [1.165, 1.54) is 0 Å². The summed E-state index contributed by atoms with van der Waals surface area (Å²) in [6, 6.07) is 1.43. The fourth-order valence-corrected chi connectivity index (χ4v) is 1.17. The van der Waals surface area contributed by atoms with Crippen molar-refractivity contribution in [1.82, 2.24) is 0 Å². The van der Waals surface area contributed by atoms with Gasteiger partial charge in [0.25, 0.3) is 0 Å². The molecule has 0 spiro atoms. The molecule has 0 atom stereocenters. The third-order valence-corrected chi connectivity index (χ3v) is 1.85. The molecule has 0 aliphatic rings. The van der Waals surface area contributed by atoms with E-state index in [9.17, 15) is 27.2 Å². The molecule has 16 heavy (non-hydrogen) atoms. The average Bonchev–Trinajstić information content (AvgIpc) is 2.14. The number of carbonyl (C=O) groups is 2. The van der Waals surface area contributed by atoms with Crippen LogP contribution in [0, 0.1) is 5.82 Å². The number of hydrogen-bond acceptors (Lipinski definition) is 2. The van der Waals surface area contributed by atoms with Crippen molar-refractivity contribution in [3.05, 3.63) is 34.6 Å². The summed E-state index contributed by atoms with van der Waals surface area (Å²) in [5, 5.41) is 0. The van der Waals surface area contributed by atoms with Crippen molar-refractivity contribution in [1.29, 1.82) is 0 Å². The SMILES string of the molecule is NC(=O)c1ccc(C=O)c(F)c1C(F)(F)F. The normalized spacial score (nSPS) is 11.2. The quantitative estimate of drug-likeness (QED) is 0.627. The highest BCUT2D eigenvalue weighted by molar-refractivity contribution is 5.95. The summed E-state index contributed by atoms with van der Waals surface area (Å²) in [6.45, 7) is 0. The number of aldehydes is 1. The van der Waals surface area contributed by atoms with Gasteiger partial charge in [-0.2, -0.15) is 13.2 Å². The number of hydrogen-bond donors (Lipinski definition) is 1. The van der Waals surface area contributed by atoms with Crippen molar-refractivity contribution in [2.24, 2.45) is 5.73 Å². The molecular weight excluding hydrogens is 230 g/mol. The highest BCUT2D eigenvalue weighted by atomic mass is 19.4. The zero-order chi connectivity index (χ0) is 12.5. The summed E-state index contributed by atoms with van der Waals surface area (Å²) in [5.74, 6) is -3.21. The highest BCUT2D eigenvalue weighted by Crippen LogP contribution is 2.34. The predicted octanol–water partition coefficient (Wildman–Crippen LogP) is 1.76. The van der Waals surface area contributed by atoms with Crippen LogP contribution in [0.2, 0.25) is 0 Å². The zero-order valence-electron chi connectivity index (χ0n) is 7.64. The Morgan fingerprint density at radius 3 is 2.25 bits per heavy atom. The number of rotatable bonds is 2. The Labute approximate surface area is 86.9 Å². The van der Waals surface area contributed by atoms with Gasteiger partial charge in [0, 0.05) is 0 Å². The monoisotopic (exact) mass is 235 g/mol. The largest absolute Gasteiger partial charge is 0.420 e. The number of amides is 1. The Hall–Kier alpha value is -1.92. The third-order valence-electron chi connectivity index (χ3n) is 1.85. The number of carbonyl (C=O) groups excluding carboxylic acids is 2. The first-order valence-corrected chi connectivity index (χ1v) is 3.93. The maximum Gasteiger partial charge on any atom is 0.420 e. The molecule has 1 amide bonds. The zero-order valence-corrected chi connectivity index (χ0v) is 7.64. The molecule has 7 heteroatoms. The van der Waals surface area contributed by atoms with Crippen LogP contribution in [0.5, 0.6) is 0 Å². The summed E-state index contributed by atoms with van der Waals surface area (Å²) in [6.07, 6.45) is -5.16. The van der Waals surface area contributed by atoms with Crippen molar-refractivity contribution in [3.8, 4) is 0 Å². The van der Waals surface area contributed by atoms with Gasteiger partial charge in [-0.15, -0.1) is 0 Å². The van der Waals surface area contributed by atoms with Crippen LogP contribution < -0.4 is 5.73 Å². The van der Waals surface area contributed by atoms with E-state index < -0.39 is 34.6 Å². The molecule has 0 fully saturated rings. The minimum absolute atomic E-state index is 0.0741. The van der Waals surface area contributed by atoms with Crippen LogP contribution in [0.25, 0.3) is 0 Å². The highest BCUT2D eigenvalue weighted by Gasteiger charge is 2.39. The molecule has 0 aromatic heterocycles. The van der Waals surface area contributed by atoms with Gasteiger partial charge in [-0.3, -0.25) is 9.59 Å². The van der Waals surface area contributed by atoms with Gasteiger partial charge in [-0.25, -0.2) is 4.39 Å². The molecule has 0 radical (unpaired) electrons. The number of nitrogens with two attached hydrogens (primary N) is 1. The van der Waals surface area contributed by atoms with Crippen LogP contribution in [-0.4, -0.2) is 12.2 Å². The third kappa shape index (κ3) is 2.02. The summed E-state index contributed by atoms with van der Waals surface area (Å²) in [4.78, 5) is 21.0. The van der Waals surface area contributed by atoms with Crippen molar-refractivity contribution < 1.29 is 27.2 Å². The molecule has 86 valence electrons. The Morgan fingerprint density at radius 2 is 1.88 bits per heavy atom. The Bertz CT molecular complexity index is 454. The molecule has 1 rings (SSSR count). The standard InChI is InChI=1S/C9H5F4NO2/c10-7-4(3-15)1-2-5(8(14)16)6(7)9(11,12)13/h1-3H,(H2,14,16). The number of alkyl halides is 3. The summed E-state index contributed by atoms with van der Waals surface area (Å²) >= 11 is 0. The number of primary amides is 1. The van der Waals surface area contributed by atoms with Gasteiger partial charge >= 0.3 is 6.18 Å². The first kappa shape index (κ1) is 12.2. The predicted molar refractivity (Wildman–Crippen MR) is 45.3 cm³/mol. The van der Waals surface area contributed by atoms with Crippen molar-refractivity contribution in [3.63, 3.8) is 0 Å². The van der Waals surface area contributed by atoms with E-state index in [1.807, 2.05) is 0 Å². The molecule has 0 saturated heterocycles. The first-order chi connectivity index (χ1) is 7.29. The molecule has 0 bridgehead atoms. The summed E-state index contributed by atoms with van der Waals surface area (Å²) < 4.78 is 50.5. The van der Waals surface area contributed by atoms with Crippen LogP contribution in [0.1, 0.15) is 26.3 Å². The van der Waals surface area contributed by atoms with E-state index >= 15 is 0 Å². The molecule has 0 heterocycles. The summed E-state index contributed by atoms with van der Waals surface area (Å²) in [5.41, 5.74) is 1.08. The second-order valence-electron chi connectivity index (χ2n) is 2.87. The molecule has 1 aromatic rings.